The van der Waals surface area contributed by atoms with Gasteiger partial charge in [0.2, 0.25) is 0 Å². The second-order valence-electron chi connectivity index (χ2n) is 6.03. The Balaban J connectivity index is 1.61. The Kier molecular flexibility index (Phi) is 4.12. The molecule has 0 unspecified atom stereocenters. The van der Waals surface area contributed by atoms with Gasteiger partial charge in [0.05, 0.1) is 5.56 Å². The van der Waals surface area contributed by atoms with Crippen LogP contribution in [0.1, 0.15) is 15.9 Å². The first kappa shape index (κ1) is 14.4. The average molecular weight is 289 g/mol. The van der Waals surface area contributed by atoms with Crippen molar-refractivity contribution in [2.24, 2.45) is 0 Å². The Morgan fingerprint density at radius 1 is 1.14 bits per heavy atom. The number of aromatic carboxylic acids is 1. The number of carboxylic acid groups (broad SMARTS) is 1. The molecular weight excluding hydrogens is 266 g/mol. The van der Waals surface area contributed by atoms with Crippen LogP contribution in [0.15, 0.2) is 18.2 Å². The van der Waals surface area contributed by atoms with E-state index >= 15 is 0 Å². The van der Waals surface area contributed by atoms with Crippen LogP contribution < -0.4 is 4.90 Å². The number of hydrogen-bond donors (Lipinski definition) is 1. The summed E-state index contributed by atoms with van der Waals surface area (Å²) in [4.78, 5) is 18.3. The summed E-state index contributed by atoms with van der Waals surface area (Å²) in [5.74, 6) is -0.844. The predicted octanol–water partition coefficient (Wildman–Crippen LogP) is 0.995. The predicted molar refractivity (Wildman–Crippen MR) is 83.3 cm³/mol. The van der Waals surface area contributed by atoms with E-state index in [1.807, 2.05) is 12.1 Å². The van der Waals surface area contributed by atoms with Crippen LogP contribution >= 0.6 is 0 Å². The molecule has 0 aromatic heterocycles. The molecule has 1 N–H and O–H groups in total. The van der Waals surface area contributed by atoms with E-state index in [2.05, 4.69) is 21.7 Å². The molecule has 1 saturated heterocycles. The monoisotopic (exact) mass is 289 g/mol. The first-order valence-corrected chi connectivity index (χ1v) is 7.65. The molecule has 0 bridgehead atoms. The van der Waals surface area contributed by atoms with Crippen LogP contribution in [0.25, 0.3) is 0 Å². The van der Waals surface area contributed by atoms with Crippen LogP contribution in [0, 0.1) is 0 Å². The third-order valence-corrected chi connectivity index (χ3v) is 4.61. The summed E-state index contributed by atoms with van der Waals surface area (Å²) in [6, 6.07) is 5.51. The van der Waals surface area contributed by atoms with Gasteiger partial charge in [-0.25, -0.2) is 4.79 Å². The van der Waals surface area contributed by atoms with Gasteiger partial charge in [0.25, 0.3) is 0 Å². The lowest BCUT2D eigenvalue weighted by Gasteiger charge is -2.33. The van der Waals surface area contributed by atoms with E-state index in [0.29, 0.717) is 5.56 Å². The topological polar surface area (TPSA) is 47.0 Å². The summed E-state index contributed by atoms with van der Waals surface area (Å²) in [5, 5.41) is 9.13. The summed E-state index contributed by atoms with van der Waals surface area (Å²) < 4.78 is 0. The van der Waals surface area contributed by atoms with Gasteiger partial charge in [-0.2, -0.15) is 0 Å². The van der Waals surface area contributed by atoms with Crippen LogP contribution in [0.4, 0.5) is 5.69 Å². The van der Waals surface area contributed by atoms with Gasteiger partial charge in [-0.1, -0.05) is 6.07 Å². The minimum atomic E-state index is -0.844. The maximum Gasteiger partial charge on any atom is 0.335 e. The molecule has 21 heavy (non-hydrogen) atoms. The van der Waals surface area contributed by atoms with Crippen molar-refractivity contribution in [3.8, 4) is 0 Å². The fourth-order valence-electron chi connectivity index (χ4n) is 3.14. The highest BCUT2D eigenvalue weighted by atomic mass is 16.4. The summed E-state index contributed by atoms with van der Waals surface area (Å²) in [7, 11) is 2.17. The molecule has 0 amide bonds. The van der Waals surface area contributed by atoms with Gasteiger partial charge in [0.15, 0.2) is 0 Å². The molecule has 0 atom stereocenters. The van der Waals surface area contributed by atoms with Gasteiger partial charge in [-0.3, -0.25) is 4.90 Å². The first-order valence-electron chi connectivity index (χ1n) is 7.65. The zero-order valence-corrected chi connectivity index (χ0v) is 12.6. The van der Waals surface area contributed by atoms with Crippen molar-refractivity contribution in [1.82, 2.24) is 9.80 Å². The van der Waals surface area contributed by atoms with Crippen molar-refractivity contribution in [2.75, 3.05) is 57.8 Å². The quantitative estimate of drug-likeness (QED) is 0.896. The lowest BCUT2D eigenvalue weighted by Crippen LogP contribution is -2.46. The lowest BCUT2D eigenvalue weighted by atomic mass is 10.1. The maximum atomic E-state index is 11.1. The number of carbonyl (C=O) groups is 1. The number of nitrogens with zero attached hydrogens (tertiary/aromatic N) is 3. The fraction of sp³-hybridized carbons (Fsp3) is 0.562. The molecule has 0 saturated carbocycles. The molecule has 5 heteroatoms. The number of likely N-dealkylation sites (N-methyl/N-ethyl adjacent to an activating group) is 1. The smallest absolute Gasteiger partial charge is 0.335 e. The number of piperazine rings is 1. The molecule has 5 nitrogen and oxygen atoms in total. The van der Waals surface area contributed by atoms with Crippen LogP contribution in [0.5, 0.6) is 0 Å². The molecular formula is C16H23N3O2. The second kappa shape index (κ2) is 6.03. The summed E-state index contributed by atoms with van der Waals surface area (Å²) in [5.41, 5.74) is 2.78. The lowest BCUT2D eigenvalue weighted by molar-refractivity contribution is 0.0697. The molecule has 0 aliphatic carbocycles. The Labute approximate surface area is 125 Å². The normalized spacial score (nSPS) is 19.8. The van der Waals surface area contributed by atoms with E-state index < -0.39 is 5.97 Å². The fourth-order valence-corrected chi connectivity index (χ4v) is 3.14. The van der Waals surface area contributed by atoms with Gasteiger partial charge < -0.3 is 14.9 Å². The number of rotatable bonds is 4. The number of carboxylic acids is 1. The maximum absolute atomic E-state index is 11.1. The third kappa shape index (κ3) is 3.19. The van der Waals surface area contributed by atoms with Crippen LogP contribution in [-0.4, -0.2) is 73.7 Å². The Hall–Kier alpha value is -1.59. The second-order valence-corrected chi connectivity index (χ2v) is 6.03. The standard InChI is InChI=1S/C16H23N3O2/c1-17-6-8-18(9-7-17)10-11-19-5-4-13-2-3-14(16(20)21)12-15(13)19/h2-3,12H,4-11H2,1H3,(H,20,21). The van der Waals surface area contributed by atoms with Crippen molar-refractivity contribution in [1.29, 1.82) is 0 Å². The van der Waals surface area contributed by atoms with Crippen molar-refractivity contribution in [2.45, 2.75) is 6.42 Å². The van der Waals surface area contributed by atoms with Gasteiger partial charge in [-0.05, 0) is 31.2 Å². The van der Waals surface area contributed by atoms with E-state index in [1.54, 1.807) is 6.07 Å². The van der Waals surface area contributed by atoms with Crippen LogP contribution in [0.3, 0.4) is 0 Å². The van der Waals surface area contributed by atoms with Gasteiger partial charge in [0, 0.05) is 51.5 Å². The first-order chi connectivity index (χ1) is 10.1. The minimum absolute atomic E-state index is 0.389. The van der Waals surface area contributed by atoms with Crippen molar-refractivity contribution < 1.29 is 9.90 Å². The van der Waals surface area contributed by atoms with Gasteiger partial charge in [0.1, 0.15) is 0 Å². The van der Waals surface area contributed by atoms with E-state index in [9.17, 15) is 4.79 Å². The summed E-state index contributed by atoms with van der Waals surface area (Å²) >= 11 is 0. The molecule has 114 valence electrons. The van der Waals surface area contributed by atoms with E-state index in [0.717, 1.165) is 57.9 Å². The van der Waals surface area contributed by atoms with Crippen LogP contribution in [-0.2, 0) is 6.42 Å². The highest BCUT2D eigenvalue weighted by Crippen LogP contribution is 2.28. The highest BCUT2D eigenvalue weighted by molar-refractivity contribution is 5.89. The minimum Gasteiger partial charge on any atom is -0.478 e. The van der Waals surface area contributed by atoms with E-state index in [4.69, 9.17) is 5.11 Å². The van der Waals surface area contributed by atoms with Crippen LogP contribution in [0.2, 0.25) is 0 Å². The zero-order chi connectivity index (χ0) is 14.8. The molecule has 1 fully saturated rings. The van der Waals surface area contributed by atoms with Crippen molar-refractivity contribution in [3.05, 3.63) is 29.3 Å². The Morgan fingerprint density at radius 2 is 1.90 bits per heavy atom. The molecule has 2 aliphatic rings. The van der Waals surface area contributed by atoms with Gasteiger partial charge in [-0.15, -0.1) is 0 Å². The van der Waals surface area contributed by atoms with E-state index in [1.165, 1.54) is 5.56 Å². The Bertz CT molecular complexity index is 524. The molecule has 0 spiro atoms. The molecule has 2 aliphatic heterocycles. The largest absolute Gasteiger partial charge is 0.478 e. The SMILES string of the molecule is CN1CCN(CCN2CCc3ccc(C(=O)O)cc32)CC1. The number of benzene rings is 1. The molecule has 1 aromatic carbocycles. The highest BCUT2D eigenvalue weighted by Gasteiger charge is 2.22. The third-order valence-electron chi connectivity index (χ3n) is 4.61. The van der Waals surface area contributed by atoms with Crippen molar-refractivity contribution >= 4 is 11.7 Å². The number of hydrogen-bond acceptors (Lipinski definition) is 4. The summed E-state index contributed by atoms with van der Waals surface area (Å²) in [6.45, 7) is 7.59. The Morgan fingerprint density at radius 3 is 2.62 bits per heavy atom. The zero-order valence-electron chi connectivity index (χ0n) is 12.6. The average Bonchev–Trinajstić information content (AvgIpc) is 2.89. The molecule has 3 rings (SSSR count). The molecule has 2 heterocycles. The number of fused-ring (bicyclic) bond motifs is 1. The molecule has 1 aromatic rings. The summed E-state index contributed by atoms with van der Waals surface area (Å²) in [6.07, 6.45) is 1.03. The number of anilines is 1. The van der Waals surface area contributed by atoms with Crippen molar-refractivity contribution in [3.63, 3.8) is 0 Å². The van der Waals surface area contributed by atoms with Gasteiger partial charge >= 0.3 is 5.97 Å². The molecule has 0 radical (unpaired) electrons. The van der Waals surface area contributed by atoms with E-state index in [-0.39, 0.29) is 0 Å².